The van der Waals surface area contributed by atoms with E-state index in [1.165, 1.54) is 7.11 Å². The minimum absolute atomic E-state index is 0.0162. The van der Waals surface area contributed by atoms with Crippen molar-refractivity contribution < 1.29 is 9.53 Å². The van der Waals surface area contributed by atoms with Gasteiger partial charge in [0, 0.05) is 0 Å². The summed E-state index contributed by atoms with van der Waals surface area (Å²) in [6.45, 7) is 8.15. The van der Waals surface area contributed by atoms with Crippen LogP contribution in [0.5, 0.6) is 0 Å². The van der Waals surface area contributed by atoms with Crippen LogP contribution in [0, 0.1) is 11.3 Å². The van der Waals surface area contributed by atoms with E-state index < -0.39 is 0 Å². The zero-order valence-corrected chi connectivity index (χ0v) is 8.10. The summed E-state index contributed by atoms with van der Waals surface area (Å²) in [4.78, 5) is 11.1. The van der Waals surface area contributed by atoms with Crippen LogP contribution in [-0.4, -0.2) is 13.1 Å². The molecule has 0 fully saturated rings. The van der Waals surface area contributed by atoms with Crippen LogP contribution in [0.25, 0.3) is 0 Å². The molecule has 0 bridgehead atoms. The third-order valence-corrected chi connectivity index (χ3v) is 2.64. The first kappa shape index (κ1) is 10.5. The fourth-order valence-electron chi connectivity index (χ4n) is 0.802. The van der Waals surface area contributed by atoms with Crippen LogP contribution in [0.2, 0.25) is 0 Å². The predicted octanol–water partition coefficient (Wildman–Crippen LogP) is 2.23. The minimum Gasteiger partial charge on any atom is -0.469 e. The fourth-order valence-corrected chi connectivity index (χ4v) is 0.802. The molecule has 0 spiro atoms. The topological polar surface area (TPSA) is 26.3 Å². The third kappa shape index (κ3) is 2.52. The van der Waals surface area contributed by atoms with Crippen molar-refractivity contribution in [3.63, 3.8) is 0 Å². The van der Waals surface area contributed by atoms with Gasteiger partial charge in [-0.2, -0.15) is 0 Å². The fraction of sp³-hybridized carbons (Fsp3) is 0.889. The highest BCUT2D eigenvalue weighted by Crippen LogP contribution is 2.30. The number of esters is 1. The van der Waals surface area contributed by atoms with Gasteiger partial charge >= 0.3 is 5.97 Å². The molecule has 2 nitrogen and oxygen atoms in total. The van der Waals surface area contributed by atoms with Gasteiger partial charge in [-0.1, -0.05) is 34.1 Å². The van der Waals surface area contributed by atoms with Gasteiger partial charge in [-0.3, -0.25) is 4.79 Å². The molecule has 0 N–H and O–H groups in total. The molecule has 0 aromatic carbocycles. The zero-order chi connectivity index (χ0) is 9.07. The normalized spacial score (nSPS) is 14.3. The van der Waals surface area contributed by atoms with Crippen LogP contribution in [0.4, 0.5) is 0 Å². The van der Waals surface area contributed by atoms with Crippen LogP contribution >= 0.6 is 0 Å². The lowest BCUT2D eigenvalue weighted by Gasteiger charge is -2.28. The Bertz CT molecular complexity index is 138. The molecule has 0 aromatic rings. The Hall–Kier alpha value is -0.530. The second-order valence-corrected chi connectivity index (χ2v) is 3.59. The van der Waals surface area contributed by atoms with Crippen LogP contribution in [0.1, 0.15) is 34.1 Å². The molecular weight excluding hydrogens is 140 g/mol. The lowest BCUT2D eigenvalue weighted by atomic mass is 9.78. The molecule has 1 unspecified atom stereocenters. The Labute approximate surface area is 68.9 Å². The van der Waals surface area contributed by atoms with Crippen molar-refractivity contribution in [1.29, 1.82) is 0 Å². The van der Waals surface area contributed by atoms with E-state index in [2.05, 4.69) is 25.5 Å². The van der Waals surface area contributed by atoms with Crippen LogP contribution < -0.4 is 0 Å². The smallest absolute Gasteiger partial charge is 0.308 e. The number of carbonyl (C=O) groups is 1. The first-order valence-corrected chi connectivity index (χ1v) is 4.03. The van der Waals surface area contributed by atoms with Crippen molar-refractivity contribution in [2.45, 2.75) is 34.1 Å². The van der Waals surface area contributed by atoms with Crippen molar-refractivity contribution >= 4 is 5.97 Å². The first-order valence-electron chi connectivity index (χ1n) is 4.03. The predicted molar refractivity (Wildman–Crippen MR) is 45.3 cm³/mol. The van der Waals surface area contributed by atoms with Gasteiger partial charge < -0.3 is 4.74 Å². The SMILES string of the molecule is CCC(C)(C)C(C)C(=O)OC. The maximum atomic E-state index is 11.1. The van der Waals surface area contributed by atoms with Gasteiger partial charge in [-0.15, -0.1) is 0 Å². The molecule has 0 rings (SSSR count). The van der Waals surface area contributed by atoms with E-state index in [1.807, 2.05) is 6.92 Å². The summed E-state index contributed by atoms with van der Waals surface area (Å²) in [6, 6.07) is 0. The largest absolute Gasteiger partial charge is 0.469 e. The molecule has 0 aliphatic rings. The third-order valence-electron chi connectivity index (χ3n) is 2.64. The highest BCUT2D eigenvalue weighted by molar-refractivity contribution is 5.72. The average Bonchev–Trinajstić information content (AvgIpc) is 2.01. The lowest BCUT2D eigenvalue weighted by molar-refractivity contribution is -0.148. The number of hydrogen-bond acceptors (Lipinski definition) is 2. The maximum Gasteiger partial charge on any atom is 0.308 e. The maximum absolute atomic E-state index is 11.1. The van der Waals surface area contributed by atoms with Gasteiger partial charge in [0.25, 0.3) is 0 Å². The van der Waals surface area contributed by atoms with Gasteiger partial charge in [0.15, 0.2) is 0 Å². The van der Waals surface area contributed by atoms with Gasteiger partial charge in [0.05, 0.1) is 13.0 Å². The molecule has 0 aliphatic carbocycles. The molecule has 0 aromatic heterocycles. The molecule has 0 radical (unpaired) electrons. The van der Waals surface area contributed by atoms with Crippen molar-refractivity contribution in [2.24, 2.45) is 11.3 Å². The molecular formula is C9H18O2. The Morgan fingerprint density at radius 2 is 2.00 bits per heavy atom. The van der Waals surface area contributed by atoms with Gasteiger partial charge in [-0.25, -0.2) is 0 Å². The second-order valence-electron chi connectivity index (χ2n) is 3.59. The van der Waals surface area contributed by atoms with Crippen molar-refractivity contribution in [3.05, 3.63) is 0 Å². The van der Waals surface area contributed by atoms with E-state index in [4.69, 9.17) is 0 Å². The number of carbonyl (C=O) groups excluding carboxylic acids is 1. The summed E-state index contributed by atoms with van der Waals surface area (Å²) in [7, 11) is 1.44. The van der Waals surface area contributed by atoms with Crippen molar-refractivity contribution in [1.82, 2.24) is 0 Å². The van der Waals surface area contributed by atoms with Crippen LogP contribution in [0.15, 0.2) is 0 Å². The summed E-state index contributed by atoms with van der Waals surface area (Å²) in [6.07, 6.45) is 0.989. The van der Waals surface area contributed by atoms with Crippen LogP contribution in [-0.2, 0) is 9.53 Å². The summed E-state index contributed by atoms with van der Waals surface area (Å²) in [5, 5.41) is 0. The molecule has 0 aliphatic heterocycles. The summed E-state index contributed by atoms with van der Waals surface area (Å²) < 4.78 is 4.66. The Kier molecular flexibility index (Phi) is 3.56. The first-order chi connectivity index (χ1) is 4.95. The highest BCUT2D eigenvalue weighted by Gasteiger charge is 2.30. The molecule has 0 heterocycles. The van der Waals surface area contributed by atoms with Crippen molar-refractivity contribution in [2.75, 3.05) is 7.11 Å². The van der Waals surface area contributed by atoms with Crippen molar-refractivity contribution in [3.8, 4) is 0 Å². The Balaban J connectivity index is 4.22. The number of methoxy groups -OCH3 is 1. The summed E-state index contributed by atoms with van der Waals surface area (Å²) >= 11 is 0. The molecule has 0 amide bonds. The summed E-state index contributed by atoms with van der Waals surface area (Å²) in [5.41, 5.74) is 0.0487. The molecule has 11 heavy (non-hydrogen) atoms. The number of hydrogen-bond donors (Lipinski definition) is 0. The van der Waals surface area contributed by atoms with E-state index in [9.17, 15) is 4.79 Å². The molecule has 0 saturated carbocycles. The van der Waals surface area contributed by atoms with Gasteiger partial charge in [0.2, 0.25) is 0 Å². The lowest BCUT2D eigenvalue weighted by Crippen LogP contribution is -2.28. The summed E-state index contributed by atoms with van der Waals surface area (Å²) in [5.74, 6) is -0.130. The molecule has 1 atom stereocenters. The standard InChI is InChI=1S/C9H18O2/c1-6-9(3,4)7(2)8(10)11-5/h7H,6H2,1-5H3. The highest BCUT2D eigenvalue weighted by atomic mass is 16.5. The molecule has 2 heteroatoms. The number of ether oxygens (including phenoxy) is 1. The minimum atomic E-state index is -0.114. The van der Waals surface area contributed by atoms with E-state index in [0.29, 0.717) is 0 Å². The van der Waals surface area contributed by atoms with E-state index in [-0.39, 0.29) is 17.3 Å². The quantitative estimate of drug-likeness (QED) is 0.589. The van der Waals surface area contributed by atoms with Gasteiger partial charge in [-0.05, 0) is 5.41 Å². The zero-order valence-electron chi connectivity index (χ0n) is 8.10. The van der Waals surface area contributed by atoms with Gasteiger partial charge in [0.1, 0.15) is 0 Å². The Morgan fingerprint density at radius 1 is 1.55 bits per heavy atom. The van der Waals surface area contributed by atoms with E-state index in [0.717, 1.165) is 6.42 Å². The second kappa shape index (κ2) is 3.74. The number of rotatable bonds is 3. The Morgan fingerprint density at radius 3 is 2.27 bits per heavy atom. The van der Waals surface area contributed by atoms with E-state index in [1.54, 1.807) is 0 Å². The molecule has 66 valence electrons. The average molecular weight is 158 g/mol. The van der Waals surface area contributed by atoms with E-state index >= 15 is 0 Å². The van der Waals surface area contributed by atoms with Crippen LogP contribution in [0.3, 0.4) is 0 Å². The monoisotopic (exact) mass is 158 g/mol. The molecule has 0 saturated heterocycles.